The van der Waals surface area contributed by atoms with E-state index in [9.17, 15) is 0 Å². The minimum Gasteiger partial charge on any atom is -0.371 e. The Hall–Kier alpha value is -1.32. The van der Waals surface area contributed by atoms with Crippen LogP contribution in [0.1, 0.15) is 30.6 Å². The van der Waals surface area contributed by atoms with Gasteiger partial charge >= 0.3 is 0 Å². The number of aromatic amines is 1. The summed E-state index contributed by atoms with van der Waals surface area (Å²) in [5, 5.41) is 1.40. The van der Waals surface area contributed by atoms with E-state index < -0.39 is 0 Å². The minimum atomic E-state index is 0.257. The highest BCUT2D eigenvalue weighted by atomic mass is 16.5. The predicted molar refractivity (Wildman–Crippen MR) is 76.3 cm³/mol. The molecule has 100 valence electrons. The first-order chi connectivity index (χ1) is 9.38. The van der Waals surface area contributed by atoms with E-state index in [0.717, 1.165) is 19.6 Å². The normalized spacial score (nSPS) is 26.6. The molecule has 0 amide bonds. The number of morpholine rings is 1. The molecule has 1 aliphatic carbocycles. The molecule has 1 saturated heterocycles. The van der Waals surface area contributed by atoms with Crippen LogP contribution in [0.3, 0.4) is 0 Å². The molecule has 3 nitrogen and oxygen atoms in total. The Morgan fingerprint density at radius 3 is 3.26 bits per heavy atom. The Morgan fingerprint density at radius 1 is 1.42 bits per heavy atom. The zero-order valence-corrected chi connectivity index (χ0v) is 11.4. The molecule has 1 aromatic carbocycles. The molecular weight excluding hydrogens is 236 g/mol. The lowest BCUT2D eigenvalue weighted by atomic mass is 9.85. The second-order valence-corrected chi connectivity index (χ2v) is 5.68. The van der Waals surface area contributed by atoms with Crippen LogP contribution in [-0.4, -0.2) is 35.6 Å². The van der Waals surface area contributed by atoms with Gasteiger partial charge in [-0.05, 0) is 36.6 Å². The standard InChI is InChI=1S/C16H20N2O/c1-2-6-18-7-8-19-16-12-4-3-5-13-15(12)11(10-17-13)9-14(16)18/h3-5,10,14,16-17H,2,6-9H2,1H3/t14-,16?/m1/s1. The van der Waals surface area contributed by atoms with E-state index in [0.29, 0.717) is 6.04 Å². The summed E-state index contributed by atoms with van der Waals surface area (Å²) in [4.78, 5) is 6.02. The van der Waals surface area contributed by atoms with Crippen molar-refractivity contribution >= 4 is 10.9 Å². The van der Waals surface area contributed by atoms with Crippen molar-refractivity contribution in [1.82, 2.24) is 9.88 Å². The predicted octanol–water partition coefficient (Wildman–Crippen LogP) is 2.88. The molecule has 1 aliphatic heterocycles. The summed E-state index contributed by atoms with van der Waals surface area (Å²) in [5.74, 6) is 0. The van der Waals surface area contributed by atoms with Gasteiger partial charge in [0.05, 0.1) is 12.7 Å². The lowest BCUT2D eigenvalue weighted by Crippen LogP contribution is -2.49. The Bertz CT molecular complexity index is 602. The molecule has 2 aromatic rings. The fraction of sp³-hybridized carbons (Fsp3) is 0.500. The van der Waals surface area contributed by atoms with Crippen molar-refractivity contribution in [2.75, 3.05) is 19.7 Å². The summed E-state index contributed by atoms with van der Waals surface area (Å²) in [6.07, 6.45) is 4.77. The van der Waals surface area contributed by atoms with Gasteiger partial charge < -0.3 is 9.72 Å². The van der Waals surface area contributed by atoms with Crippen molar-refractivity contribution in [3.8, 4) is 0 Å². The van der Waals surface area contributed by atoms with Gasteiger partial charge in [0, 0.05) is 29.7 Å². The first kappa shape index (κ1) is 11.5. The highest BCUT2D eigenvalue weighted by molar-refractivity contribution is 5.88. The van der Waals surface area contributed by atoms with Gasteiger partial charge in [-0.1, -0.05) is 19.1 Å². The third-order valence-corrected chi connectivity index (χ3v) is 4.56. The van der Waals surface area contributed by atoms with Gasteiger partial charge in [0.15, 0.2) is 0 Å². The number of nitrogens with zero attached hydrogens (tertiary/aromatic N) is 1. The van der Waals surface area contributed by atoms with Crippen molar-refractivity contribution in [1.29, 1.82) is 0 Å². The average Bonchev–Trinajstić information content (AvgIpc) is 2.85. The van der Waals surface area contributed by atoms with Crippen LogP contribution in [-0.2, 0) is 11.2 Å². The van der Waals surface area contributed by atoms with Crippen molar-refractivity contribution < 1.29 is 4.74 Å². The third-order valence-electron chi connectivity index (χ3n) is 4.56. The maximum atomic E-state index is 6.12. The van der Waals surface area contributed by atoms with Crippen molar-refractivity contribution in [2.24, 2.45) is 0 Å². The topological polar surface area (TPSA) is 28.3 Å². The number of hydrogen-bond acceptors (Lipinski definition) is 2. The molecule has 0 radical (unpaired) electrons. The summed E-state index contributed by atoms with van der Waals surface area (Å²) in [5.41, 5.74) is 4.09. The second-order valence-electron chi connectivity index (χ2n) is 5.68. The van der Waals surface area contributed by atoms with Crippen molar-refractivity contribution in [2.45, 2.75) is 31.9 Å². The summed E-state index contributed by atoms with van der Waals surface area (Å²) in [6.45, 7) is 5.37. The average molecular weight is 256 g/mol. The maximum absolute atomic E-state index is 6.12. The van der Waals surface area contributed by atoms with Crippen LogP contribution in [0.25, 0.3) is 10.9 Å². The van der Waals surface area contributed by atoms with Crippen LogP contribution in [0.4, 0.5) is 0 Å². The van der Waals surface area contributed by atoms with Crippen LogP contribution >= 0.6 is 0 Å². The number of ether oxygens (including phenoxy) is 1. The van der Waals surface area contributed by atoms with E-state index in [1.54, 1.807) is 0 Å². The molecule has 4 rings (SSSR count). The Labute approximate surface area is 113 Å². The molecule has 2 atom stereocenters. The highest BCUT2D eigenvalue weighted by Crippen LogP contribution is 2.40. The number of benzene rings is 1. The fourth-order valence-electron chi connectivity index (χ4n) is 3.77. The Balaban J connectivity index is 1.81. The lowest BCUT2D eigenvalue weighted by molar-refractivity contribution is -0.0739. The van der Waals surface area contributed by atoms with Crippen molar-refractivity contribution in [3.05, 3.63) is 35.5 Å². The zero-order valence-electron chi connectivity index (χ0n) is 11.4. The van der Waals surface area contributed by atoms with Gasteiger partial charge in [-0.3, -0.25) is 4.90 Å². The molecule has 1 aromatic heterocycles. The van der Waals surface area contributed by atoms with Gasteiger partial charge in [0.25, 0.3) is 0 Å². The van der Waals surface area contributed by atoms with Crippen LogP contribution in [0.2, 0.25) is 0 Å². The molecule has 0 bridgehead atoms. The summed E-state index contributed by atoms with van der Waals surface area (Å²) in [6, 6.07) is 7.06. The first-order valence-corrected chi connectivity index (χ1v) is 7.33. The van der Waals surface area contributed by atoms with Gasteiger partial charge in [-0.2, -0.15) is 0 Å². The largest absolute Gasteiger partial charge is 0.371 e. The van der Waals surface area contributed by atoms with Gasteiger partial charge in [-0.15, -0.1) is 0 Å². The number of hydrogen-bond donors (Lipinski definition) is 1. The van der Waals surface area contributed by atoms with E-state index in [4.69, 9.17) is 4.74 Å². The maximum Gasteiger partial charge on any atom is 0.0990 e. The van der Waals surface area contributed by atoms with E-state index in [1.807, 2.05) is 0 Å². The Kier molecular flexibility index (Phi) is 2.64. The molecule has 3 heteroatoms. The van der Waals surface area contributed by atoms with Crippen LogP contribution in [0.5, 0.6) is 0 Å². The van der Waals surface area contributed by atoms with E-state index in [2.05, 4.69) is 41.2 Å². The van der Waals surface area contributed by atoms with Crippen molar-refractivity contribution in [3.63, 3.8) is 0 Å². The SMILES string of the molecule is CCCN1CCOC2c3cccc4[nH]cc(c34)C[C@H]21. The van der Waals surface area contributed by atoms with Crippen LogP contribution < -0.4 is 0 Å². The molecule has 19 heavy (non-hydrogen) atoms. The molecule has 1 unspecified atom stereocenters. The molecule has 1 N–H and O–H groups in total. The van der Waals surface area contributed by atoms with Gasteiger partial charge in [0.1, 0.15) is 0 Å². The smallest absolute Gasteiger partial charge is 0.0990 e. The summed E-state index contributed by atoms with van der Waals surface area (Å²) in [7, 11) is 0. The van der Waals surface area contributed by atoms with Gasteiger partial charge in [0.2, 0.25) is 0 Å². The number of fused-ring (bicyclic) bond motifs is 2. The zero-order chi connectivity index (χ0) is 12.8. The highest BCUT2D eigenvalue weighted by Gasteiger charge is 2.37. The monoisotopic (exact) mass is 256 g/mol. The molecule has 2 aliphatic rings. The Morgan fingerprint density at radius 2 is 2.37 bits per heavy atom. The summed E-state index contributed by atoms with van der Waals surface area (Å²) >= 11 is 0. The lowest BCUT2D eigenvalue weighted by Gasteiger charge is -2.43. The number of nitrogens with one attached hydrogen (secondary N) is 1. The quantitative estimate of drug-likeness (QED) is 0.895. The van der Waals surface area contributed by atoms with E-state index in [1.165, 1.54) is 35.0 Å². The van der Waals surface area contributed by atoms with E-state index >= 15 is 0 Å². The number of rotatable bonds is 2. The number of H-pyrrole nitrogens is 1. The summed E-state index contributed by atoms with van der Waals surface area (Å²) < 4.78 is 6.12. The van der Waals surface area contributed by atoms with E-state index in [-0.39, 0.29) is 6.10 Å². The van der Waals surface area contributed by atoms with Gasteiger partial charge in [-0.25, -0.2) is 0 Å². The minimum absolute atomic E-state index is 0.257. The second kappa shape index (κ2) is 4.36. The first-order valence-electron chi connectivity index (χ1n) is 7.33. The third kappa shape index (κ3) is 1.65. The molecule has 0 spiro atoms. The molecular formula is C16H20N2O. The fourth-order valence-corrected chi connectivity index (χ4v) is 3.77. The van der Waals surface area contributed by atoms with Crippen LogP contribution in [0, 0.1) is 0 Å². The number of aromatic nitrogens is 1. The molecule has 2 heterocycles. The van der Waals surface area contributed by atoms with Crippen LogP contribution in [0.15, 0.2) is 24.4 Å². The molecule has 0 saturated carbocycles. The molecule has 1 fully saturated rings.